The summed E-state index contributed by atoms with van der Waals surface area (Å²) in [6.45, 7) is 0.110. The van der Waals surface area contributed by atoms with Gasteiger partial charge >= 0.3 is 12.1 Å². The van der Waals surface area contributed by atoms with Crippen molar-refractivity contribution in [3.63, 3.8) is 0 Å². The van der Waals surface area contributed by atoms with E-state index in [2.05, 4.69) is 10.6 Å². The number of esters is 1. The van der Waals surface area contributed by atoms with Crippen LogP contribution >= 0.6 is 22.6 Å². The Balaban J connectivity index is 1.94. The second-order valence-electron chi connectivity index (χ2n) is 4.42. The first-order valence-corrected chi connectivity index (χ1v) is 7.63. The number of dihydropyridines is 1. The number of nitrogens with one attached hydrogen (secondary N) is 2. The fourth-order valence-corrected chi connectivity index (χ4v) is 2.25. The number of ether oxygens (including phenoxy) is 2. The lowest BCUT2D eigenvalue weighted by molar-refractivity contribution is -0.152. The van der Waals surface area contributed by atoms with Crippen molar-refractivity contribution in [1.29, 1.82) is 0 Å². The summed E-state index contributed by atoms with van der Waals surface area (Å²) in [7, 11) is 0. The van der Waals surface area contributed by atoms with Crippen molar-refractivity contribution in [2.45, 2.75) is 12.8 Å². The van der Waals surface area contributed by atoms with Gasteiger partial charge in [0.2, 0.25) is 12.5 Å². The summed E-state index contributed by atoms with van der Waals surface area (Å²) in [5, 5.41) is 5.25. The van der Waals surface area contributed by atoms with Crippen molar-refractivity contribution in [1.82, 2.24) is 10.6 Å². The van der Waals surface area contributed by atoms with Gasteiger partial charge in [-0.25, -0.2) is 9.59 Å². The van der Waals surface area contributed by atoms with Crippen LogP contribution in [-0.4, -0.2) is 24.6 Å². The third-order valence-corrected chi connectivity index (χ3v) is 3.36. The third-order valence-electron chi connectivity index (χ3n) is 2.74. The molecule has 0 bridgehead atoms. The molecule has 0 spiro atoms. The molecule has 8 heteroatoms. The molecule has 0 saturated carbocycles. The molecule has 2 N–H and O–H groups in total. The van der Waals surface area contributed by atoms with Gasteiger partial charge in [-0.2, -0.15) is 0 Å². The number of allylic oxidation sites excluding steroid dienone is 2. The van der Waals surface area contributed by atoms with E-state index in [0.717, 1.165) is 9.14 Å². The predicted molar refractivity (Wildman–Crippen MR) is 89.0 cm³/mol. The van der Waals surface area contributed by atoms with Gasteiger partial charge in [0.05, 0.1) is 5.70 Å². The van der Waals surface area contributed by atoms with E-state index in [0.29, 0.717) is 0 Å². The number of alkyl carbamates (subject to hydrolysis) is 1. The molecule has 120 valence electrons. The zero-order chi connectivity index (χ0) is 16.7. The van der Waals surface area contributed by atoms with Crippen LogP contribution in [0, 0.1) is 0 Å². The van der Waals surface area contributed by atoms with Crippen LogP contribution in [0.1, 0.15) is 5.56 Å². The number of amides is 1. The average molecular weight is 428 g/mol. The van der Waals surface area contributed by atoms with Crippen molar-refractivity contribution in [3.05, 3.63) is 57.4 Å². The highest BCUT2D eigenvalue weighted by molar-refractivity contribution is 14.1. The van der Waals surface area contributed by atoms with E-state index < -0.39 is 18.3 Å². The van der Waals surface area contributed by atoms with E-state index in [-0.39, 0.29) is 18.6 Å². The maximum Gasteiger partial charge on any atom is 0.411 e. The van der Waals surface area contributed by atoms with Crippen LogP contribution in [0.5, 0.6) is 0 Å². The van der Waals surface area contributed by atoms with E-state index in [4.69, 9.17) is 9.47 Å². The number of hydrogen-bond donors (Lipinski definition) is 2. The summed E-state index contributed by atoms with van der Waals surface area (Å²) >= 11 is 2.02. The minimum atomic E-state index is -1.04. The van der Waals surface area contributed by atoms with Crippen LogP contribution in [-0.2, 0) is 25.7 Å². The average Bonchev–Trinajstić information content (AvgIpc) is 2.56. The van der Waals surface area contributed by atoms with Crippen LogP contribution < -0.4 is 10.6 Å². The number of rotatable bonds is 5. The molecule has 1 atom stereocenters. The molecule has 1 aromatic carbocycles. The quantitative estimate of drug-likeness (QED) is 0.321. The van der Waals surface area contributed by atoms with Crippen molar-refractivity contribution in [3.8, 4) is 0 Å². The molecule has 1 unspecified atom stereocenters. The molecule has 1 aromatic rings. The summed E-state index contributed by atoms with van der Waals surface area (Å²) in [4.78, 5) is 33.3. The lowest BCUT2D eigenvalue weighted by Crippen LogP contribution is -2.41. The zero-order valence-electron chi connectivity index (χ0n) is 11.8. The monoisotopic (exact) mass is 428 g/mol. The maximum absolute atomic E-state index is 11.9. The Morgan fingerprint density at radius 3 is 2.74 bits per heavy atom. The smallest absolute Gasteiger partial charge is 0.411 e. The van der Waals surface area contributed by atoms with Gasteiger partial charge in [-0.3, -0.25) is 10.1 Å². The number of halogens is 1. The third kappa shape index (κ3) is 5.40. The van der Waals surface area contributed by atoms with Gasteiger partial charge in [-0.1, -0.05) is 30.3 Å². The Morgan fingerprint density at radius 1 is 1.30 bits per heavy atom. The fourth-order valence-electron chi connectivity index (χ4n) is 1.73. The SMILES string of the molecule is O=CC(=O)OC1NC=C(I)C=C1NC(=O)OCc1ccccc1. The molecule has 7 nitrogen and oxygen atoms in total. The summed E-state index contributed by atoms with van der Waals surface area (Å²) in [6, 6.07) is 9.20. The van der Waals surface area contributed by atoms with Crippen LogP contribution in [0.4, 0.5) is 4.79 Å². The van der Waals surface area contributed by atoms with Gasteiger partial charge in [0, 0.05) is 9.78 Å². The van der Waals surface area contributed by atoms with E-state index in [9.17, 15) is 14.4 Å². The van der Waals surface area contributed by atoms with E-state index >= 15 is 0 Å². The second-order valence-corrected chi connectivity index (χ2v) is 5.66. The molecule has 1 heterocycles. The highest BCUT2D eigenvalue weighted by Crippen LogP contribution is 2.17. The van der Waals surface area contributed by atoms with Gasteiger partial charge in [-0.05, 0) is 34.2 Å². The highest BCUT2D eigenvalue weighted by Gasteiger charge is 2.23. The lowest BCUT2D eigenvalue weighted by atomic mass is 10.2. The Kier molecular flexibility index (Phi) is 6.15. The maximum atomic E-state index is 11.9. The number of carbonyl (C=O) groups is 3. The van der Waals surface area contributed by atoms with Crippen molar-refractivity contribution in [2.24, 2.45) is 0 Å². The zero-order valence-corrected chi connectivity index (χ0v) is 14.0. The van der Waals surface area contributed by atoms with Crippen molar-refractivity contribution >= 4 is 40.9 Å². The Morgan fingerprint density at radius 2 is 2.04 bits per heavy atom. The first-order valence-electron chi connectivity index (χ1n) is 6.55. The van der Waals surface area contributed by atoms with Gasteiger partial charge in [-0.15, -0.1) is 0 Å². The fraction of sp³-hybridized carbons (Fsp3) is 0.133. The van der Waals surface area contributed by atoms with E-state index in [1.165, 1.54) is 0 Å². The number of aldehydes is 1. The van der Waals surface area contributed by atoms with Crippen LogP contribution in [0.2, 0.25) is 0 Å². The summed E-state index contributed by atoms with van der Waals surface area (Å²) in [5.74, 6) is -1.04. The van der Waals surface area contributed by atoms with Crippen molar-refractivity contribution < 1.29 is 23.9 Å². The molecular weight excluding hydrogens is 415 g/mol. The Hall–Kier alpha value is -2.36. The molecule has 0 radical (unpaired) electrons. The van der Waals surface area contributed by atoms with Crippen LogP contribution in [0.15, 0.2) is 51.9 Å². The van der Waals surface area contributed by atoms with Gasteiger partial charge in [0.25, 0.3) is 0 Å². The molecule has 0 saturated heterocycles. The molecule has 23 heavy (non-hydrogen) atoms. The van der Waals surface area contributed by atoms with Crippen LogP contribution in [0.25, 0.3) is 0 Å². The van der Waals surface area contributed by atoms with E-state index in [1.807, 2.05) is 52.9 Å². The van der Waals surface area contributed by atoms with Gasteiger partial charge < -0.3 is 14.8 Å². The molecule has 1 aliphatic rings. The number of carbonyl (C=O) groups excluding carboxylic acids is 3. The summed E-state index contributed by atoms with van der Waals surface area (Å²) < 4.78 is 10.7. The summed E-state index contributed by atoms with van der Waals surface area (Å²) in [6.07, 6.45) is 1.58. The standard InChI is InChI=1S/C15H13IN2O5/c16-11-6-12(14(17-7-11)23-13(20)8-19)18-15(21)22-9-10-4-2-1-3-5-10/h1-8,14,17H,9H2,(H,18,21). The first-order chi connectivity index (χ1) is 11.1. The molecular formula is C15H13IN2O5. The predicted octanol–water partition coefficient (Wildman–Crippen LogP) is 1.74. The Bertz CT molecular complexity index is 657. The van der Waals surface area contributed by atoms with E-state index in [1.54, 1.807) is 12.3 Å². The molecule has 1 amide bonds. The molecule has 1 aliphatic heterocycles. The molecule has 0 aromatic heterocycles. The number of benzene rings is 1. The van der Waals surface area contributed by atoms with Crippen molar-refractivity contribution in [2.75, 3.05) is 0 Å². The normalized spacial score (nSPS) is 16.3. The minimum Gasteiger partial charge on any atom is -0.444 e. The minimum absolute atomic E-state index is 0.0519. The number of hydrogen-bond acceptors (Lipinski definition) is 6. The van der Waals surface area contributed by atoms with Crippen LogP contribution in [0.3, 0.4) is 0 Å². The highest BCUT2D eigenvalue weighted by atomic mass is 127. The largest absolute Gasteiger partial charge is 0.444 e. The van der Waals surface area contributed by atoms with Gasteiger partial charge in [0.1, 0.15) is 6.61 Å². The van der Waals surface area contributed by atoms with Gasteiger partial charge in [0.15, 0.2) is 0 Å². The molecule has 2 rings (SSSR count). The first kappa shape index (κ1) is 17.0. The molecule has 0 fully saturated rings. The summed E-state index contributed by atoms with van der Waals surface area (Å²) in [5.41, 5.74) is 1.11. The Labute approximate surface area is 145 Å². The lowest BCUT2D eigenvalue weighted by Gasteiger charge is -2.23. The molecule has 0 aliphatic carbocycles. The topological polar surface area (TPSA) is 93.7 Å². The second kappa shape index (κ2) is 8.32.